The Morgan fingerprint density at radius 3 is 2.35 bits per heavy atom. The second-order valence-electron chi connectivity index (χ2n) is 6.61. The second-order valence-corrected chi connectivity index (χ2v) is 6.61. The van der Waals surface area contributed by atoms with E-state index in [1.807, 2.05) is 0 Å². The Morgan fingerprint density at radius 2 is 1.65 bits per heavy atom. The van der Waals surface area contributed by atoms with Crippen molar-refractivity contribution in [1.82, 2.24) is 0 Å². The van der Waals surface area contributed by atoms with Gasteiger partial charge in [0.25, 0.3) is 0 Å². The molecule has 0 aromatic heterocycles. The van der Waals surface area contributed by atoms with Crippen molar-refractivity contribution in [3.05, 3.63) is 64.7 Å². The van der Waals surface area contributed by atoms with Crippen molar-refractivity contribution in [2.45, 2.75) is 59.3 Å². The molecular weight excluding hydrogens is 276 g/mol. The fourth-order valence-electron chi connectivity index (χ4n) is 3.75. The first-order valence-electron chi connectivity index (χ1n) is 9.20. The van der Waals surface area contributed by atoms with Gasteiger partial charge >= 0.3 is 0 Å². The van der Waals surface area contributed by atoms with Crippen LogP contribution in [-0.4, -0.2) is 0 Å². The highest BCUT2D eigenvalue weighted by atomic mass is 14.2. The van der Waals surface area contributed by atoms with Crippen molar-refractivity contribution < 1.29 is 0 Å². The summed E-state index contributed by atoms with van der Waals surface area (Å²) >= 11 is 0. The molecule has 1 aliphatic rings. The van der Waals surface area contributed by atoms with Crippen LogP contribution < -0.4 is 0 Å². The molecule has 2 aromatic carbocycles. The zero-order valence-electron chi connectivity index (χ0n) is 14.8. The Labute approximate surface area is 140 Å². The highest BCUT2D eigenvalue weighted by Crippen LogP contribution is 2.39. The van der Waals surface area contributed by atoms with E-state index < -0.39 is 0 Å². The van der Waals surface area contributed by atoms with Gasteiger partial charge in [-0.15, -0.1) is 0 Å². The zero-order chi connectivity index (χ0) is 16.2. The third-order valence-electron chi connectivity index (χ3n) is 5.14. The molecule has 0 heterocycles. The van der Waals surface area contributed by atoms with Crippen LogP contribution in [0.1, 0.15) is 64.0 Å². The minimum atomic E-state index is 1.13. The van der Waals surface area contributed by atoms with Gasteiger partial charge < -0.3 is 0 Å². The van der Waals surface area contributed by atoms with Crippen molar-refractivity contribution in [3.63, 3.8) is 0 Å². The van der Waals surface area contributed by atoms with Crippen LogP contribution in [0.15, 0.2) is 53.6 Å². The lowest BCUT2D eigenvalue weighted by Gasteiger charge is -2.14. The molecule has 0 bridgehead atoms. The molecule has 0 saturated carbocycles. The van der Waals surface area contributed by atoms with Gasteiger partial charge in [-0.05, 0) is 65.1 Å². The molecule has 0 spiro atoms. The maximum absolute atomic E-state index is 2.44. The molecule has 0 unspecified atom stereocenters. The quantitative estimate of drug-likeness (QED) is 0.534. The molecule has 0 fully saturated rings. The number of rotatable bonds is 6. The second kappa shape index (κ2) is 7.17. The van der Waals surface area contributed by atoms with Crippen molar-refractivity contribution in [3.8, 4) is 0 Å². The summed E-state index contributed by atoms with van der Waals surface area (Å²) in [4.78, 5) is 0. The average molecular weight is 304 g/mol. The summed E-state index contributed by atoms with van der Waals surface area (Å²) in [5.74, 6) is 0. The third-order valence-corrected chi connectivity index (χ3v) is 5.14. The van der Waals surface area contributed by atoms with Gasteiger partial charge in [-0.25, -0.2) is 0 Å². The van der Waals surface area contributed by atoms with Gasteiger partial charge in [0, 0.05) is 0 Å². The summed E-state index contributed by atoms with van der Waals surface area (Å²) in [6.45, 7) is 6.82. The summed E-state index contributed by atoms with van der Waals surface area (Å²) in [5, 5.41) is 2.89. The average Bonchev–Trinajstić information content (AvgIpc) is 3.03. The molecule has 0 aliphatic heterocycles. The monoisotopic (exact) mass is 304 g/mol. The molecule has 0 radical (unpaired) electrons. The number of aryl methyl sites for hydroxylation is 1. The predicted molar refractivity (Wildman–Crippen MR) is 103 cm³/mol. The van der Waals surface area contributed by atoms with Gasteiger partial charge in [-0.2, -0.15) is 0 Å². The van der Waals surface area contributed by atoms with Crippen molar-refractivity contribution >= 4 is 16.3 Å². The Hall–Kier alpha value is -1.82. The predicted octanol–water partition coefficient (Wildman–Crippen LogP) is 7.09. The zero-order valence-corrected chi connectivity index (χ0v) is 14.8. The Morgan fingerprint density at radius 1 is 0.870 bits per heavy atom. The van der Waals surface area contributed by atoms with Gasteiger partial charge in [0.15, 0.2) is 0 Å². The molecule has 120 valence electrons. The summed E-state index contributed by atoms with van der Waals surface area (Å²) in [6, 6.07) is 13.7. The first-order valence-corrected chi connectivity index (χ1v) is 9.20. The van der Waals surface area contributed by atoms with Crippen LogP contribution in [0.3, 0.4) is 0 Å². The van der Waals surface area contributed by atoms with Crippen LogP contribution in [0, 0.1) is 0 Å². The van der Waals surface area contributed by atoms with Crippen molar-refractivity contribution in [2.24, 2.45) is 0 Å². The maximum Gasteiger partial charge on any atom is -0.00551 e. The third kappa shape index (κ3) is 3.13. The first kappa shape index (κ1) is 16.1. The first-order chi connectivity index (χ1) is 11.3. The van der Waals surface area contributed by atoms with E-state index in [4.69, 9.17) is 0 Å². The number of hydrogen-bond donors (Lipinski definition) is 0. The minimum absolute atomic E-state index is 1.13. The van der Waals surface area contributed by atoms with Crippen LogP contribution in [0.2, 0.25) is 0 Å². The fourth-order valence-corrected chi connectivity index (χ4v) is 3.75. The number of fused-ring (bicyclic) bond motifs is 1. The standard InChI is InChI=1S/C23H28/c1-4-7-10-19-13-14-22(21-12-9-8-11-20(19)21)23-16-17(5-2)15-18(23)6-3/h8-9,11-15H,4-7,10,16H2,1-3H3. The van der Waals surface area contributed by atoms with E-state index >= 15 is 0 Å². The molecule has 2 aromatic rings. The van der Waals surface area contributed by atoms with E-state index in [0.29, 0.717) is 0 Å². The lowest BCUT2D eigenvalue weighted by molar-refractivity contribution is 0.799. The lowest BCUT2D eigenvalue weighted by Crippen LogP contribution is -1.93. The van der Waals surface area contributed by atoms with E-state index in [1.165, 1.54) is 53.2 Å². The number of benzene rings is 2. The van der Waals surface area contributed by atoms with Gasteiger partial charge in [0.05, 0.1) is 0 Å². The normalized spacial score (nSPS) is 14.7. The molecule has 0 atom stereocenters. The highest BCUT2D eigenvalue weighted by molar-refractivity contribution is 5.97. The Kier molecular flexibility index (Phi) is 5.00. The smallest absolute Gasteiger partial charge is 0.00551 e. The van der Waals surface area contributed by atoms with E-state index in [-0.39, 0.29) is 0 Å². The highest BCUT2D eigenvalue weighted by Gasteiger charge is 2.18. The SMILES string of the molecule is CCCCc1ccc(C2=C(CC)C=C(CC)C2)c2ccccc12. The Balaban J connectivity index is 2.10. The lowest BCUT2D eigenvalue weighted by atomic mass is 9.90. The van der Waals surface area contributed by atoms with Crippen LogP contribution in [0.5, 0.6) is 0 Å². The Bertz CT molecular complexity index is 759. The van der Waals surface area contributed by atoms with Crippen LogP contribution in [-0.2, 0) is 6.42 Å². The summed E-state index contributed by atoms with van der Waals surface area (Å²) < 4.78 is 0. The topological polar surface area (TPSA) is 0 Å². The number of allylic oxidation sites excluding steroid dienone is 4. The van der Waals surface area contributed by atoms with Gasteiger partial charge in [0.2, 0.25) is 0 Å². The number of hydrogen-bond acceptors (Lipinski definition) is 0. The largest absolute Gasteiger partial charge is 0.0658 e. The van der Waals surface area contributed by atoms with Crippen LogP contribution in [0.25, 0.3) is 16.3 Å². The van der Waals surface area contributed by atoms with E-state index in [9.17, 15) is 0 Å². The fraction of sp³-hybridized carbons (Fsp3) is 0.391. The number of unbranched alkanes of at least 4 members (excludes halogenated alkanes) is 1. The van der Waals surface area contributed by atoms with E-state index in [0.717, 1.165) is 12.8 Å². The molecule has 0 heteroatoms. The van der Waals surface area contributed by atoms with E-state index in [1.54, 1.807) is 11.1 Å². The van der Waals surface area contributed by atoms with Gasteiger partial charge in [-0.3, -0.25) is 0 Å². The molecule has 1 aliphatic carbocycles. The van der Waals surface area contributed by atoms with Crippen LogP contribution in [0.4, 0.5) is 0 Å². The van der Waals surface area contributed by atoms with Gasteiger partial charge in [0.1, 0.15) is 0 Å². The molecule has 0 saturated heterocycles. The maximum atomic E-state index is 2.44. The molecule has 0 nitrogen and oxygen atoms in total. The van der Waals surface area contributed by atoms with Crippen molar-refractivity contribution in [2.75, 3.05) is 0 Å². The summed E-state index contributed by atoms with van der Waals surface area (Å²) in [6.07, 6.45) is 9.59. The summed E-state index contributed by atoms with van der Waals surface area (Å²) in [7, 11) is 0. The van der Waals surface area contributed by atoms with Crippen LogP contribution >= 0.6 is 0 Å². The van der Waals surface area contributed by atoms with E-state index in [2.05, 4.69) is 63.2 Å². The van der Waals surface area contributed by atoms with Gasteiger partial charge in [-0.1, -0.05) is 75.2 Å². The minimum Gasteiger partial charge on any atom is -0.0658 e. The molecule has 23 heavy (non-hydrogen) atoms. The molecule has 0 amide bonds. The summed E-state index contributed by atoms with van der Waals surface area (Å²) in [5.41, 5.74) is 7.64. The molecule has 0 N–H and O–H groups in total. The molecule has 3 rings (SSSR count). The molecular formula is C23H28. The van der Waals surface area contributed by atoms with Crippen molar-refractivity contribution in [1.29, 1.82) is 0 Å².